The van der Waals surface area contributed by atoms with Gasteiger partial charge < -0.3 is 15.0 Å². The number of para-hydroxylation sites is 1. The Morgan fingerprint density at radius 2 is 1.79 bits per heavy atom. The predicted octanol–water partition coefficient (Wildman–Crippen LogP) is 3.45. The highest BCUT2D eigenvalue weighted by molar-refractivity contribution is 5.78. The Kier molecular flexibility index (Phi) is 7.09. The summed E-state index contributed by atoms with van der Waals surface area (Å²) in [5, 5.41) is 3.06. The van der Waals surface area contributed by atoms with Gasteiger partial charge in [0.15, 0.2) is 0 Å². The van der Waals surface area contributed by atoms with Crippen LogP contribution < -0.4 is 10.1 Å². The van der Waals surface area contributed by atoms with Crippen LogP contribution in [0.5, 0.6) is 5.75 Å². The number of carbonyl (C=O) groups excluding carboxylic acids is 2. The van der Waals surface area contributed by atoms with Crippen LogP contribution in [0.3, 0.4) is 0 Å². The summed E-state index contributed by atoms with van der Waals surface area (Å²) >= 11 is 0. The number of hydrogen-bond donors (Lipinski definition) is 1. The van der Waals surface area contributed by atoms with Gasteiger partial charge >= 0.3 is 6.09 Å². The van der Waals surface area contributed by atoms with Crippen LogP contribution in [0.25, 0.3) is 0 Å². The molecule has 1 N–H and O–H groups in total. The van der Waals surface area contributed by atoms with Crippen LogP contribution in [-0.4, -0.2) is 36.5 Å². The lowest BCUT2D eigenvalue weighted by Gasteiger charge is -2.31. The van der Waals surface area contributed by atoms with Gasteiger partial charge in [-0.3, -0.25) is 4.79 Å². The number of likely N-dealkylation sites (tertiary alicyclic amines) is 1. The van der Waals surface area contributed by atoms with E-state index in [0.29, 0.717) is 31.3 Å². The van der Waals surface area contributed by atoms with E-state index in [2.05, 4.69) is 5.32 Å². The molecule has 0 aromatic heterocycles. The Morgan fingerprint density at radius 1 is 1.17 bits per heavy atom. The van der Waals surface area contributed by atoms with Crippen molar-refractivity contribution in [1.82, 2.24) is 10.2 Å². The average Bonchev–Trinajstić information content (AvgIpc) is 2.62. The number of nitrogens with one attached hydrogen (secondary N) is 1. The SMILES string of the molecule is CCC(CC)C(=O)NCC1CCN(C(=O)Oc2ccccc2)CC1. The first-order valence-electron chi connectivity index (χ1n) is 8.93. The summed E-state index contributed by atoms with van der Waals surface area (Å²) in [7, 11) is 0. The molecule has 0 radical (unpaired) electrons. The zero-order valence-corrected chi connectivity index (χ0v) is 14.7. The van der Waals surface area contributed by atoms with Crippen molar-refractivity contribution in [1.29, 1.82) is 0 Å². The molecule has 0 atom stereocenters. The molecule has 1 aromatic carbocycles. The fourth-order valence-corrected chi connectivity index (χ4v) is 3.02. The molecule has 1 aliphatic rings. The van der Waals surface area contributed by atoms with Crippen LogP contribution in [0, 0.1) is 11.8 Å². The lowest BCUT2D eigenvalue weighted by Crippen LogP contribution is -2.43. The largest absolute Gasteiger partial charge is 0.415 e. The topological polar surface area (TPSA) is 58.6 Å². The second kappa shape index (κ2) is 9.30. The fourth-order valence-electron chi connectivity index (χ4n) is 3.02. The van der Waals surface area contributed by atoms with E-state index in [1.54, 1.807) is 17.0 Å². The molecule has 1 aromatic rings. The lowest BCUT2D eigenvalue weighted by molar-refractivity contribution is -0.125. The molecule has 1 saturated heterocycles. The number of rotatable bonds is 6. The van der Waals surface area contributed by atoms with Crippen molar-refractivity contribution in [2.75, 3.05) is 19.6 Å². The van der Waals surface area contributed by atoms with Gasteiger partial charge in [0, 0.05) is 25.6 Å². The highest BCUT2D eigenvalue weighted by atomic mass is 16.6. The smallest absolute Gasteiger partial charge is 0.410 e. The summed E-state index contributed by atoms with van der Waals surface area (Å²) in [5.41, 5.74) is 0. The number of benzene rings is 1. The first kappa shape index (κ1) is 18.3. The summed E-state index contributed by atoms with van der Waals surface area (Å²) in [4.78, 5) is 25.9. The molecule has 2 amide bonds. The summed E-state index contributed by atoms with van der Waals surface area (Å²) in [5.74, 6) is 1.28. The zero-order valence-electron chi connectivity index (χ0n) is 14.7. The Bertz CT molecular complexity index is 521. The van der Waals surface area contributed by atoms with Crippen molar-refractivity contribution < 1.29 is 14.3 Å². The molecule has 2 rings (SSSR count). The number of amides is 2. The second-order valence-electron chi connectivity index (χ2n) is 6.37. The molecule has 24 heavy (non-hydrogen) atoms. The number of hydrogen-bond acceptors (Lipinski definition) is 3. The first-order valence-corrected chi connectivity index (χ1v) is 8.93. The first-order chi connectivity index (χ1) is 11.6. The van der Waals surface area contributed by atoms with Gasteiger partial charge in [-0.05, 0) is 43.7 Å². The van der Waals surface area contributed by atoms with Crippen molar-refractivity contribution in [2.24, 2.45) is 11.8 Å². The van der Waals surface area contributed by atoms with E-state index in [1.165, 1.54) is 0 Å². The van der Waals surface area contributed by atoms with E-state index in [9.17, 15) is 9.59 Å². The van der Waals surface area contributed by atoms with Gasteiger partial charge in [0.2, 0.25) is 5.91 Å². The van der Waals surface area contributed by atoms with Crippen LogP contribution >= 0.6 is 0 Å². The number of nitrogens with zero attached hydrogens (tertiary/aromatic N) is 1. The van der Waals surface area contributed by atoms with E-state index in [4.69, 9.17) is 4.74 Å². The van der Waals surface area contributed by atoms with Crippen molar-refractivity contribution >= 4 is 12.0 Å². The molecule has 1 fully saturated rings. The standard InChI is InChI=1S/C19H28N2O3/c1-3-16(4-2)18(22)20-14-15-10-12-21(13-11-15)19(23)24-17-8-6-5-7-9-17/h5-9,15-16H,3-4,10-14H2,1-2H3,(H,20,22). The third-order valence-corrected chi connectivity index (χ3v) is 4.74. The Balaban J connectivity index is 1.71. The van der Waals surface area contributed by atoms with Crippen LogP contribution in [0.15, 0.2) is 30.3 Å². The van der Waals surface area contributed by atoms with Crippen molar-refractivity contribution in [3.8, 4) is 5.75 Å². The van der Waals surface area contributed by atoms with Gasteiger partial charge in [-0.1, -0.05) is 32.0 Å². The minimum absolute atomic E-state index is 0.117. The van der Waals surface area contributed by atoms with Gasteiger partial charge in [-0.15, -0.1) is 0 Å². The van der Waals surface area contributed by atoms with Crippen molar-refractivity contribution in [2.45, 2.75) is 39.5 Å². The normalized spacial score (nSPS) is 15.4. The van der Waals surface area contributed by atoms with Gasteiger partial charge in [-0.25, -0.2) is 4.79 Å². The summed E-state index contributed by atoms with van der Waals surface area (Å²) in [6.45, 7) is 6.15. The third kappa shape index (κ3) is 5.25. The summed E-state index contributed by atoms with van der Waals surface area (Å²) < 4.78 is 5.37. The van der Waals surface area contributed by atoms with Gasteiger partial charge in [0.1, 0.15) is 5.75 Å². The van der Waals surface area contributed by atoms with Crippen LogP contribution in [0.2, 0.25) is 0 Å². The molecule has 1 aliphatic heterocycles. The molecule has 0 spiro atoms. The maximum Gasteiger partial charge on any atom is 0.415 e. The lowest BCUT2D eigenvalue weighted by atomic mass is 9.96. The Labute approximate surface area is 144 Å². The highest BCUT2D eigenvalue weighted by Gasteiger charge is 2.25. The van der Waals surface area contributed by atoms with Crippen molar-refractivity contribution in [3.63, 3.8) is 0 Å². The number of ether oxygens (including phenoxy) is 1. The van der Waals surface area contributed by atoms with E-state index in [-0.39, 0.29) is 17.9 Å². The quantitative estimate of drug-likeness (QED) is 0.868. The number of piperidine rings is 1. The molecule has 0 aliphatic carbocycles. The minimum Gasteiger partial charge on any atom is -0.410 e. The average molecular weight is 332 g/mol. The van der Waals surface area contributed by atoms with Crippen LogP contribution in [0.4, 0.5) is 4.79 Å². The molecule has 0 bridgehead atoms. The monoisotopic (exact) mass is 332 g/mol. The molecule has 5 heteroatoms. The molecule has 0 saturated carbocycles. The van der Waals surface area contributed by atoms with Gasteiger partial charge in [-0.2, -0.15) is 0 Å². The molecule has 1 heterocycles. The van der Waals surface area contributed by atoms with Gasteiger partial charge in [0.25, 0.3) is 0 Å². The van der Waals surface area contributed by atoms with E-state index in [0.717, 1.165) is 25.7 Å². The zero-order chi connectivity index (χ0) is 17.4. The summed E-state index contributed by atoms with van der Waals surface area (Å²) in [6, 6.07) is 9.13. The third-order valence-electron chi connectivity index (χ3n) is 4.74. The van der Waals surface area contributed by atoms with Crippen molar-refractivity contribution in [3.05, 3.63) is 30.3 Å². The summed E-state index contributed by atoms with van der Waals surface area (Å²) in [6.07, 6.45) is 3.26. The molecule has 132 valence electrons. The number of carbonyl (C=O) groups is 2. The molecule has 5 nitrogen and oxygen atoms in total. The predicted molar refractivity (Wildman–Crippen MR) is 93.8 cm³/mol. The molecule has 0 unspecified atom stereocenters. The van der Waals surface area contributed by atoms with Crippen LogP contribution in [-0.2, 0) is 4.79 Å². The van der Waals surface area contributed by atoms with E-state index >= 15 is 0 Å². The van der Waals surface area contributed by atoms with E-state index in [1.807, 2.05) is 32.0 Å². The fraction of sp³-hybridized carbons (Fsp3) is 0.579. The maximum absolute atomic E-state index is 12.1. The van der Waals surface area contributed by atoms with Gasteiger partial charge in [0.05, 0.1) is 0 Å². The Morgan fingerprint density at radius 3 is 2.38 bits per heavy atom. The Hall–Kier alpha value is -2.04. The second-order valence-corrected chi connectivity index (χ2v) is 6.37. The maximum atomic E-state index is 12.1. The highest BCUT2D eigenvalue weighted by Crippen LogP contribution is 2.19. The molecular formula is C19H28N2O3. The van der Waals surface area contributed by atoms with E-state index < -0.39 is 0 Å². The minimum atomic E-state index is -0.291. The molecular weight excluding hydrogens is 304 g/mol. The van der Waals surface area contributed by atoms with Crippen LogP contribution in [0.1, 0.15) is 39.5 Å².